The van der Waals surface area contributed by atoms with E-state index in [1.807, 2.05) is 13.0 Å². The molecule has 8 nitrogen and oxygen atoms in total. The van der Waals surface area contributed by atoms with Crippen LogP contribution in [0, 0.1) is 6.92 Å². The number of esters is 1. The number of carbonyl (C=O) groups excluding carboxylic acids is 4. The lowest BCUT2D eigenvalue weighted by molar-refractivity contribution is -0.152. The van der Waals surface area contributed by atoms with E-state index in [9.17, 15) is 19.2 Å². The zero-order valence-electron chi connectivity index (χ0n) is 15.0. The molecular formula is C18H23N3O5. The van der Waals surface area contributed by atoms with Crippen LogP contribution in [0.25, 0.3) is 0 Å². The maximum atomic E-state index is 12.0. The largest absolute Gasteiger partial charge is 0.454 e. The second-order valence-electron chi connectivity index (χ2n) is 6.10. The summed E-state index contributed by atoms with van der Waals surface area (Å²) in [5.41, 5.74) is 1.40. The van der Waals surface area contributed by atoms with Gasteiger partial charge in [-0.2, -0.15) is 0 Å². The van der Waals surface area contributed by atoms with E-state index >= 15 is 0 Å². The van der Waals surface area contributed by atoms with E-state index in [4.69, 9.17) is 4.74 Å². The third kappa shape index (κ3) is 5.58. The van der Waals surface area contributed by atoms with Gasteiger partial charge in [-0.05, 0) is 19.1 Å². The van der Waals surface area contributed by atoms with Gasteiger partial charge >= 0.3 is 5.97 Å². The average molecular weight is 361 g/mol. The topological polar surface area (TPSA) is 96.0 Å². The fourth-order valence-corrected chi connectivity index (χ4v) is 2.60. The van der Waals surface area contributed by atoms with Gasteiger partial charge in [-0.15, -0.1) is 0 Å². The summed E-state index contributed by atoms with van der Waals surface area (Å²) in [5, 5.41) is 2.46. The Morgan fingerprint density at radius 2 is 1.73 bits per heavy atom. The predicted molar refractivity (Wildman–Crippen MR) is 93.3 cm³/mol. The molecule has 1 aliphatic rings. The smallest absolute Gasteiger partial charge is 0.325 e. The third-order valence-electron chi connectivity index (χ3n) is 4.11. The highest BCUT2D eigenvalue weighted by Gasteiger charge is 2.23. The molecule has 1 fully saturated rings. The van der Waals surface area contributed by atoms with Crippen LogP contribution in [0.5, 0.6) is 0 Å². The summed E-state index contributed by atoms with van der Waals surface area (Å²) in [5.74, 6) is -1.39. The Balaban J connectivity index is 1.69. The first-order valence-corrected chi connectivity index (χ1v) is 8.40. The van der Waals surface area contributed by atoms with Gasteiger partial charge in [0.25, 0.3) is 11.8 Å². The van der Waals surface area contributed by atoms with E-state index < -0.39 is 5.97 Å². The minimum Gasteiger partial charge on any atom is -0.454 e. The maximum absolute atomic E-state index is 12.0. The lowest BCUT2D eigenvalue weighted by Crippen LogP contribution is -2.51. The number of rotatable bonds is 5. The predicted octanol–water partition coefficient (Wildman–Crippen LogP) is -0.0413. The van der Waals surface area contributed by atoms with Crippen molar-refractivity contribution in [2.75, 3.05) is 39.3 Å². The molecule has 1 aromatic rings. The first kappa shape index (κ1) is 19.4. The molecular weight excluding hydrogens is 338 g/mol. The minimum atomic E-state index is -0.679. The van der Waals surface area contributed by atoms with Gasteiger partial charge in [0.05, 0.1) is 0 Å². The van der Waals surface area contributed by atoms with Crippen LogP contribution in [0.2, 0.25) is 0 Å². The van der Waals surface area contributed by atoms with Gasteiger partial charge in [-0.3, -0.25) is 19.2 Å². The van der Waals surface area contributed by atoms with E-state index in [2.05, 4.69) is 5.32 Å². The lowest BCUT2D eigenvalue weighted by Gasteiger charge is -2.34. The molecule has 0 aliphatic carbocycles. The van der Waals surface area contributed by atoms with E-state index in [1.54, 1.807) is 28.0 Å². The number of nitrogens with one attached hydrogen (secondary N) is 1. The van der Waals surface area contributed by atoms with Crippen LogP contribution in [-0.4, -0.2) is 72.8 Å². The third-order valence-corrected chi connectivity index (χ3v) is 4.11. The van der Waals surface area contributed by atoms with E-state index in [0.717, 1.165) is 5.56 Å². The molecule has 1 N–H and O–H groups in total. The number of piperazine rings is 1. The van der Waals surface area contributed by atoms with Crippen LogP contribution in [0.3, 0.4) is 0 Å². The maximum Gasteiger partial charge on any atom is 0.325 e. The van der Waals surface area contributed by atoms with Crippen molar-refractivity contribution in [1.29, 1.82) is 0 Å². The van der Waals surface area contributed by atoms with Gasteiger partial charge in [0.15, 0.2) is 6.61 Å². The van der Waals surface area contributed by atoms with Crippen molar-refractivity contribution < 1.29 is 23.9 Å². The molecule has 1 saturated heterocycles. The highest BCUT2D eigenvalue weighted by Crippen LogP contribution is 2.04. The van der Waals surface area contributed by atoms with Crippen molar-refractivity contribution in [3.63, 3.8) is 0 Å². The van der Waals surface area contributed by atoms with Crippen LogP contribution in [0.1, 0.15) is 22.8 Å². The molecule has 0 spiro atoms. The number of benzene rings is 1. The molecule has 0 radical (unpaired) electrons. The van der Waals surface area contributed by atoms with Crippen molar-refractivity contribution in [3.8, 4) is 0 Å². The molecule has 1 aliphatic heterocycles. The van der Waals surface area contributed by atoms with Gasteiger partial charge in [0, 0.05) is 38.7 Å². The summed E-state index contributed by atoms with van der Waals surface area (Å²) in [6.45, 7) is 4.46. The second kappa shape index (κ2) is 8.98. The molecule has 26 heavy (non-hydrogen) atoms. The van der Waals surface area contributed by atoms with Crippen molar-refractivity contribution in [3.05, 3.63) is 35.4 Å². The van der Waals surface area contributed by atoms with Crippen molar-refractivity contribution in [2.45, 2.75) is 13.8 Å². The summed E-state index contributed by atoms with van der Waals surface area (Å²) >= 11 is 0. The Morgan fingerprint density at radius 3 is 2.35 bits per heavy atom. The van der Waals surface area contributed by atoms with Gasteiger partial charge in [-0.25, -0.2) is 0 Å². The van der Waals surface area contributed by atoms with Gasteiger partial charge in [0.2, 0.25) is 5.91 Å². The zero-order valence-corrected chi connectivity index (χ0v) is 15.0. The molecule has 1 aromatic carbocycles. The fourth-order valence-electron chi connectivity index (χ4n) is 2.60. The van der Waals surface area contributed by atoms with Crippen LogP contribution in [-0.2, 0) is 19.1 Å². The number of aryl methyl sites for hydroxylation is 1. The summed E-state index contributed by atoms with van der Waals surface area (Å²) in [6.07, 6.45) is 0. The molecule has 0 unspecified atom stereocenters. The number of carbonyl (C=O) groups is 4. The molecule has 1 heterocycles. The van der Waals surface area contributed by atoms with Crippen molar-refractivity contribution in [2.24, 2.45) is 0 Å². The molecule has 0 atom stereocenters. The first-order chi connectivity index (χ1) is 12.4. The lowest BCUT2D eigenvalue weighted by atomic mass is 10.1. The molecule has 3 amide bonds. The fraction of sp³-hybridized carbons (Fsp3) is 0.444. The van der Waals surface area contributed by atoms with Crippen LogP contribution in [0.4, 0.5) is 0 Å². The minimum absolute atomic E-state index is 0.0205. The summed E-state index contributed by atoms with van der Waals surface area (Å²) in [7, 11) is 0. The number of hydrogen-bond acceptors (Lipinski definition) is 5. The molecule has 8 heteroatoms. The van der Waals surface area contributed by atoms with Gasteiger partial charge in [0.1, 0.15) is 6.54 Å². The summed E-state index contributed by atoms with van der Waals surface area (Å²) in [4.78, 5) is 50.2. The SMILES string of the molecule is CC(=O)N1CCN(C(=O)COC(=O)CNC(=O)c2cccc(C)c2)CC1. The highest BCUT2D eigenvalue weighted by molar-refractivity contribution is 5.96. The summed E-state index contributed by atoms with van der Waals surface area (Å²) < 4.78 is 4.92. The monoisotopic (exact) mass is 361 g/mol. The number of ether oxygens (including phenoxy) is 1. The molecule has 0 bridgehead atoms. The standard InChI is InChI=1S/C18H23N3O5/c1-13-4-3-5-15(10-13)18(25)19-11-17(24)26-12-16(23)21-8-6-20(7-9-21)14(2)22/h3-5,10H,6-9,11-12H2,1-2H3,(H,19,25). The number of nitrogens with zero attached hydrogens (tertiary/aromatic N) is 2. The first-order valence-electron chi connectivity index (χ1n) is 8.40. The van der Waals surface area contributed by atoms with Crippen LogP contribution in [0.15, 0.2) is 24.3 Å². The molecule has 2 rings (SSSR count). The van der Waals surface area contributed by atoms with Crippen molar-refractivity contribution in [1.82, 2.24) is 15.1 Å². The zero-order chi connectivity index (χ0) is 19.1. The Bertz CT molecular complexity index is 696. The van der Waals surface area contributed by atoms with Crippen LogP contribution >= 0.6 is 0 Å². The average Bonchev–Trinajstić information content (AvgIpc) is 2.64. The Labute approximate surface area is 152 Å². The quantitative estimate of drug-likeness (QED) is 0.743. The van der Waals surface area contributed by atoms with E-state index in [0.29, 0.717) is 31.7 Å². The number of amides is 3. The second-order valence-corrected chi connectivity index (χ2v) is 6.10. The van der Waals surface area contributed by atoms with E-state index in [-0.39, 0.29) is 30.9 Å². The Hall–Kier alpha value is -2.90. The highest BCUT2D eigenvalue weighted by atomic mass is 16.5. The van der Waals surface area contributed by atoms with Crippen molar-refractivity contribution >= 4 is 23.7 Å². The van der Waals surface area contributed by atoms with Crippen LogP contribution < -0.4 is 5.32 Å². The Morgan fingerprint density at radius 1 is 1.08 bits per heavy atom. The molecule has 0 aromatic heterocycles. The normalized spacial score (nSPS) is 13.9. The van der Waals surface area contributed by atoms with Gasteiger partial charge < -0.3 is 19.9 Å². The van der Waals surface area contributed by atoms with Gasteiger partial charge in [-0.1, -0.05) is 17.7 Å². The number of hydrogen-bond donors (Lipinski definition) is 1. The molecule has 0 saturated carbocycles. The molecule has 140 valence electrons. The summed E-state index contributed by atoms with van der Waals surface area (Å²) in [6, 6.07) is 6.99. The Kier molecular flexibility index (Phi) is 6.71. The van der Waals surface area contributed by atoms with E-state index in [1.165, 1.54) is 6.92 Å².